The molecule has 3 heterocycles. The molecule has 5 nitrogen and oxygen atoms in total. The van der Waals surface area contributed by atoms with Crippen LogP contribution in [0.2, 0.25) is 0 Å². The molecule has 116 valence electrons. The summed E-state index contributed by atoms with van der Waals surface area (Å²) in [4.78, 5) is 7.75. The Morgan fingerprint density at radius 3 is 2.79 bits per heavy atom. The summed E-state index contributed by atoms with van der Waals surface area (Å²) >= 11 is 0. The minimum Gasteiger partial charge on any atom is -0.346 e. The van der Waals surface area contributed by atoms with E-state index in [0.29, 0.717) is 5.56 Å². The maximum atomic E-state index is 9.12. The Kier molecular flexibility index (Phi) is 3.17. The van der Waals surface area contributed by atoms with Crippen molar-refractivity contribution >= 4 is 11.0 Å². The number of nitrogens with zero attached hydrogens (tertiary/aromatic N) is 4. The van der Waals surface area contributed by atoms with Gasteiger partial charge < -0.3 is 4.98 Å². The zero-order valence-electron chi connectivity index (χ0n) is 13.4. The molecule has 24 heavy (non-hydrogen) atoms. The van der Waals surface area contributed by atoms with Crippen LogP contribution in [0.1, 0.15) is 11.3 Å². The highest BCUT2D eigenvalue weighted by Crippen LogP contribution is 2.32. The summed E-state index contributed by atoms with van der Waals surface area (Å²) in [5.74, 6) is 0. The lowest BCUT2D eigenvalue weighted by Crippen LogP contribution is -1.86. The van der Waals surface area contributed by atoms with E-state index < -0.39 is 0 Å². The molecular formula is C19H15N5. The molecule has 0 saturated heterocycles. The van der Waals surface area contributed by atoms with E-state index >= 15 is 0 Å². The zero-order chi connectivity index (χ0) is 16.7. The molecule has 3 aromatic heterocycles. The highest BCUT2D eigenvalue weighted by atomic mass is 15.2. The van der Waals surface area contributed by atoms with Crippen LogP contribution in [0.25, 0.3) is 33.3 Å². The third kappa shape index (κ3) is 2.25. The number of benzene rings is 1. The summed E-state index contributed by atoms with van der Waals surface area (Å²) < 4.78 is 1.81. The van der Waals surface area contributed by atoms with Gasteiger partial charge in [0.1, 0.15) is 5.65 Å². The summed E-state index contributed by atoms with van der Waals surface area (Å²) in [6.45, 7) is 1.99. The van der Waals surface area contributed by atoms with Crippen LogP contribution in [-0.2, 0) is 7.05 Å². The number of fused-ring (bicyclic) bond motifs is 1. The smallest absolute Gasteiger partial charge is 0.137 e. The quantitative estimate of drug-likeness (QED) is 0.611. The summed E-state index contributed by atoms with van der Waals surface area (Å²) in [5, 5.41) is 14.6. The van der Waals surface area contributed by atoms with Crippen LogP contribution in [0.4, 0.5) is 0 Å². The van der Waals surface area contributed by atoms with Gasteiger partial charge in [-0.05, 0) is 30.7 Å². The molecule has 0 aliphatic heterocycles. The Balaban J connectivity index is 1.90. The average molecular weight is 313 g/mol. The van der Waals surface area contributed by atoms with Gasteiger partial charge in [-0.1, -0.05) is 12.1 Å². The van der Waals surface area contributed by atoms with E-state index in [4.69, 9.17) is 5.26 Å². The van der Waals surface area contributed by atoms with Gasteiger partial charge in [0.25, 0.3) is 0 Å². The maximum Gasteiger partial charge on any atom is 0.137 e. The van der Waals surface area contributed by atoms with E-state index in [1.54, 1.807) is 6.07 Å². The summed E-state index contributed by atoms with van der Waals surface area (Å²) in [7, 11) is 1.91. The third-order valence-electron chi connectivity index (χ3n) is 4.16. The number of nitriles is 1. The van der Waals surface area contributed by atoms with Gasteiger partial charge in [-0.15, -0.1) is 0 Å². The first kappa shape index (κ1) is 14.2. The lowest BCUT2D eigenvalue weighted by molar-refractivity contribution is 0.756. The van der Waals surface area contributed by atoms with Crippen LogP contribution < -0.4 is 0 Å². The van der Waals surface area contributed by atoms with Crippen molar-refractivity contribution in [2.45, 2.75) is 6.92 Å². The number of hydrogen-bond acceptors (Lipinski definition) is 3. The number of aromatic amines is 1. The largest absolute Gasteiger partial charge is 0.346 e. The van der Waals surface area contributed by atoms with Gasteiger partial charge in [-0.25, -0.2) is 4.98 Å². The first-order valence-corrected chi connectivity index (χ1v) is 7.64. The van der Waals surface area contributed by atoms with Crippen LogP contribution in [0.5, 0.6) is 0 Å². The van der Waals surface area contributed by atoms with Gasteiger partial charge >= 0.3 is 0 Å². The molecule has 0 aliphatic rings. The second-order valence-corrected chi connectivity index (χ2v) is 5.82. The predicted molar refractivity (Wildman–Crippen MR) is 93.2 cm³/mol. The van der Waals surface area contributed by atoms with Crippen LogP contribution in [0.3, 0.4) is 0 Å². The van der Waals surface area contributed by atoms with Crippen LogP contribution in [-0.4, -0.2) is 19.7 Å². The molecule has 0 fully saturated rings. The van der Waals surface area contributed by atoms with Crippen LogP contribution in [0.15, 0.2) is 48.9 Å². The first-order chi connectivity index (χ1) is 11.7. The maximum absolute atomic E-state index is 9.12. The van der Waals surface area contributed by atoms with Gasteiger partial charge in [-0.2, -0.15) is 10.4 Å². The molecule has 1 aromatic carbocycles. The third-order valence-corrected chi connectivity index (χ3v) is 4.16. The van der Waals surface area contributed by atoms with Crippen molar-refractivity contribution in [3.63, 3.8) is 0 Å². The molecule has 0 aliphatic carbocycles. The van der Waals surface area contributed by atoms with Gasteiger partial charge in [0.2, 0.25) is 0 Å². The number of aryl methyl sites for hydroxylation is 2. The second-order valence-electron chi connectivity index (χ2n) is 5.82. The molecule has 1 N–H and O–H groups in total. The number of aromatic nitrogens is 4. The Morgan fingerprint density at radius 2 is 2.04 bits per heavy atom. The molecule has 0 atom stereocenters. The molecule has 0 bridgehead atoms. The standard InChI is InChI=1S/C19H15N5/c1-12-18(11-24(2)23-12)15-7-16-17(10-22-19(16)21-9-15)14-5-3-4-13(6-14)8-20/h3-7,9-11H,1-2H3,(H,21,22). The Labute approximate surface area is 139 Å². The van der Waals surface area contributed by atoms with Gasteiger partial charge in [0.05, 0.1) is 17.3 Å². The van der Waals surface area contributed by atoms with Crippen molar-refractivity contribution in [3.05, 3.63) is 60.2 Å². The summed E-state index contributed by atoms with van der Waals surface area (Å²) in [6.07, 6.45) is 5.80. The number of rotatable bonds is 2. The first-order valence-electron chi connectivity index (χ1n) is 7.64. The van der Waals surface area contributed by atoms with Crippen molar-refractivity contribution < 1.29 is 0 Å². The SMILES string of the molecule is Cc1nn(C)cc1-c1cnc2[nH]cc(-c3cccc(C#N)c3)c2c1. The summed E-state index contributed by atoms with van der Waals surface area (Å²) in [5.41, 5.74) is 6.60. The Bertz CT molecular complexity index is 1090. The lowest BCUT2D eigenvalue weighted by atomic mass is 10.0. The molecule has 4 rings (SSSR count). The summed E-state index contributed by atoms with van der Waals surface area (Å²) in [6, 6.07) is 11.9. The van der Waals surface area contributed by atoms with Crippen LogP contribution in [0, 0.1) is 18.3 Å². The minimum absolute atomic E-state index is 0.647. The predicted octanol–water partition coefficient (Wildman–Crippen LogP) is 3.81. The number of hydrogen-bond donors (Lipinski definition) is 1. The van der Waals surface area contributed by atoms with Crippen molar-refractivity contribution in [3.8, 4) is 28.3 Å². The average Bonchev–Trinajstić information content (AvgIpc) is 3.17. The molecule has 0 spiro atoms. The normalized spacial score (nSPS) is 10.9. The molecule has 0 saturated carbocycles. The van der Waals surface area contributed by atoms with Crippen molar-refractivity contribution in [2.75, 3.05) is 0 Å². The van der Waals surface area contributed by atoms with Crippen molar-refractivity contribution in [1.82, 2.24) is 19.7 Å². The van der Waals surface area contributed by atoms with E-state index in [-0.39, 0.29) is 0 Å². The molecule has 0 radical (unpaired) electrons. The zero-order valence-corrected chi connectivity index (χ0v) is 13.4. The monoisotopic (exact) mass is 313 g/mol. The van der Waals surface area contributed by atoms with Crippen LogP contribution >= 0.6 is 0 Å². The highest BCUT2D eigenvalue weighted by Gasteiger charge is 2.12. The van der Waals surface area contributed by atoms with E-state index in [1.807, 2.05) is 55.4 Å². The van der Waals surface area contributed by atoms with E-state index in [9.17, 15) is 0 Å². The van der Waals surface area contributed by atoms with Gasteiger partial charge in [-0.3, -0.25) is 4.68 Å². The fraction of sp³-hybridized carbons (Fsp3) is 0.105. The highest BCUT2D eigenvalue weighted by molar-refractivity contribution is 5.96. The Morgan fingerprint density at radius 1 is 1.17 bits per heavy atom. The van der Waals surface area contributed by atoms with Crippen molar-refractivity contribution in [2.24, 2.45) is 7.05 Å². The van der Waals surface area contributed by atoms with Crippen molar-refractivity contribution in [1.29, 1.82) is 5.26 Å². The Hall–Kier alpha value is -3.39. The topological polar surface area (TPSA) is 70.3 Å². The number of pyridine rings is 1. The molecule has 5 heteroatoms. The fourth-order valence-electron chi connectivity index (χ4n) is 3.03. The minimum atomic E-state index is 0.647. The van der Waals surface area contributed by atoms with Gasteiger partial charge in [0.15, 0.2) is 0 Å². The number of nitrogens with one attached hydrogen (secondary N) is 1. The molecule has 0 amide bonds. The second kappa shape index (κ2) is 5.36. The molecule has 0 unspecified atom stereocenters. The van der Waals surface area contributed by atoms with E-state index in [0.717, 1.165) is 39.0 Å². The van der Waals surface area contributed by atoms with E-state index in [2.05, 4.69) is 27.2 Å². The fourth-order valence-corrected chi connectivity index (χ4v) is 3.03. The van der Waals surface area contributed by atoms with E-state index in [1.165, 1.54) is 0 Å². The number of H-pyrrole nitrogens is 1. The lowest BCUT2D eigenvalue weighted by Gasteiger charge is -2.03. The molecule has 4 aromatic rings. The molecular weight excluding hydrogens is 298 g/mol. The van der Waals surface area contributed by atoms with Gasteiger partial charge in [0, 0.05) is 47.7 Å².